The van der Waals surface area contributed by atoms with Crippen molar-refractivity contribution >= 4 is 5.91 Å². The zero-order valence-electron chi connectivity index (χ0n) is 10.4. The van der Waals surface area contributed by atoms with E-state index in [-0.39, 0.29) is 18.2 Å². The Bertz CT molecular complexity index is 403. The van der Waals surface area contributed by atoms with E-state index in [2.05, 4.69) is 18.3 Å². The third-order valence-corrected chi connectivity index (χ3v) is 2.71. The highest BCUT2D eigenvalue weighted by atomic mass is 16.1. The molecule has 0 aliphatic carbocycles. The van der Waals surface area contributed by atoms with Gasteiger partial charge in [-0.05, 0) is 24.5 Å². The summed E-state index contributed by atoms with van der Waals surface area (Å²) in [6.07, 6.45) is 1.21. The summed E-state index contributed by atoms with van der Waals surface area (Å²) in [5.74, 6) is -0.425. The summed E-state index contributed by atoms with van der Waals surface area (Å²) < 4.78 is 0. The van der Waals surface area contributed by atoms with Crippen molar-refractivity contribution < 1.29 is 4.79 Å². The third kappa shape index (κ3) is 3.92. The SMILES string of the molecule is CCNC(=O)CC(C#N)c1ccc(CC)cc1. The number of nitriles is 1. The maximum Gasteiger partial charge on any atom is 0.221 e. The van der Waals surface area contributed by atoms with E-state index in [0.29, 0.717) is 6.54 Å². The minimum absolute atomic E-state index is 0.0707. The van der Waals surface area contributed by atoms with Crippen molar-refractivity contribution in [2.24, 2.45) is 0 Å². The molecule has 0 saturated carbocycles. The summed E-state index contributed by atoms with van der Waals surface area (Å²) in [7, 11) is 0. The molecule has 90 valence electrons. The molecule has 0 aliphatic heterocycles. The predicted octanol–water partition coefficient (Wildman–Crippen LogP) is 2.38. The minimum atomic E-state index is -0.354. The summed E-state index contributed by atoms with van der Waals surface area (Å²) in [5.41, 5.74) is 2.15. The summed E-state index contributed by atoms with van der Waals surface area (Å²) in [6, 6.07) is 10.1. The Hall–Kier alpha value is -1.82. The fourth-order valence-corrected chi connectivity index (χ4v) is 1.68. The van der Waals surface area contributed by atoms with E-state index in [1.807, 2.05) is 31.2 Å². The van der Waals surface area contributed by atoms with Gasteiger partial charge in [-0.25, -0.2) is 0 Å². The molecule has 3 nitrogen and oxygen atoms in total. The number of benzene rings is 1. The van der Waals surface area contributed by atoms with E-state index < -0.39 is 0 Å². The average Bonchev–Trinajstić information content (AvgIpc) is 2.36. The normalized spacial score (nSPS) is 11.6. The van der Waals surface area contributed by atoms with Crippen LogP contribution in [0.1, 0.15) is 37.3 Å². The van der Waals surface area contributed by atoms with Gasteiger partial charge in [-0.1, -0.05) is 31.2 Å². The lowest BCUT2D eigenvalue weighted by molar-refractivity contribution is -0.121. The fourth-order valence-electron chi connectivity index (χ4n) is 1.68. The molecule has 1 amide bonds. The molecule has 1 rings (SSSR count). The number of nitrogens with one attached hydrogen (secondary N) is 1. The number of amides is 1. The predicted molar refractivity (Wildman–Crippen MR) is 67.5 cm³/mol. The van der Waals surface area contributed by atoms with Crippen molar-refractivity contribution in [3.05, 3.63) is 35.4 Å². The molecule has 0 saturated heterocycles. The molecule has 0 bridgehead atoms. The van der Waals surface area contributed by atoms with E-state index in [1.54, 1.807) is 0 Å². The van der Waals surface area contributed by atoms with Gasteiger partial charge in [0.05, 0.1) is 12.0 Å². The Morgan fingerprint density at radius 3 is 2.47 bits per heavy atom. The molecular formula is C14H18N2O. The minimum Gasteiger partial charge on any atom is -0.356 e. The van der Waals surface area contributed by atoms with E-state index in [0.717, 1.165) is 12.0 Å². The van der Waals surface area contributed by atoms with Gasteiger partial charge in [0.15, 0.2) is 0 Å². The van der Waals surface area contributed by atoms with Gasteiger partial charge in [0.1, 0.15) is 0 Å². The standard InChI is InChI=1S/C14H18N2O/c1-3-11-5-7-12(8-6-11)13(10-15)9-14(17)16-4-2/h5-8,13H,3-4,9H2,1-2H3,(H,16,17). The van der Waals surface area contributed by atoms with Crippen LogP contribution in [0.5, 0.6) is 0 Å². The maximum absolute atomic E-state index is 11.4. The number of hydrogen-bond donors (Lipinski definition) is 1. The summed E-state index contributed by atoms with van der Waals surface area (Å²) in [6.45, 7) is 4.56. The van der Waals surface area contributed by atoms with Crippen LogP contribution in [0, 0.1) is 11.3 Å². The molecule has 0 spiro atoms. The highest BCUT2D eigenvalue weighted by Crippen LogP contribution is 2.19. The lowest BCUT2D eigenvalue weighted by atomic mass is 9.95. The Labute approximate surface area is 102 Å². The average molecular weight is 230 g/mol. The Morgan fingerprint density at radius 1 is 1.35 bits per heavy atom. The van der Waals surface area contributed by atoms with Crippen LogP contribution in [-0.4, -0.2) is 12.5 Å². The van der Waals surface area contributed by atoms with Gasteiger partial charge in [0.2, 0.25) is 5.91 Å². The molecular weight excluding hydrogens is 212 g/mol. The zero-order chi connectivity index (χ0) is 12.7. The largest absolute Gasteiger partial charge is 0.356 e. The number of carbonyl (C=O) groups is 1. The van der Waals surface area contributed by atoms with Crippen molar-refractivity contribution in [3.8, 4) is 6.07 Å². The molecule has 17 heavy (non-hydrogen) atoms. The summed E-state index contributed by atoms with van der Waals surface area (Å²) in [5, 5.41) is 11.8. The second kappa shape index (κ2) is 6.70. The van der Waals surface area contributed by atoms with E-state index >= 15 is 0 Å². The van der Waals surface area contributed by atoms with Gasteiger partial charge in [0.25, 0.3) is 0 Å². The van der Waals surface area contributed by atoms with Gasteiger partial charge >= 0.3 is 0 Å². The highest BCUT2D eigenvalue weighted by Gasteiger charge is 2.14. The molecule has 0 radical (unpaired) electrons. The topological polar surface area (TPSA) is 52.9 Å². The molecule has 0 aromatic heterocycles. The van der Waals surface area contributed by atoms with Crippen LogP contribution in [-0.2, 0) is 11.2 Å². The second-order valence-corrected chi connectivity index (χ2v) is 3.93. The first-order chi connectivity index (χ1) is 8.21. The summed E-state index contributed by atoms with van der Waals surface area (Å²) in [4.78, 5) is 11.4. The first kappa shape index (κ1) is 13.2. The molecule has 1 aromatic rings. The maximum atomic E-state index is 11.4. The van der Waals surface area contributed by atoms with Gasteiger partial charge < -0.3 is 5.32 Å². The van der Waals surface area contributed by atoms with E-state index in [1.165, 1.54) is 5.56 Å². The van der Waals surface area contributed by atoms with Crippen molar-refractivity contribution in [2.75, 3.05) is 6.54 Å². The molecule has 0 heterocycles. The van der Waals surface area contributed by atoms with E-state index in [9.17, 15) is 4.79 Å². The van der Waals surface area contributed by atoms with Gasteiger partial charge in [-0.2, -0.15) is 5.26 Å². The molecule has 1 N–H and O–H groups in total. The molecule has 0 fully saturated rings. The highest BCUT2D eigenvalue weighted by molar-refractivity contribution is 5.77. The molecule has 1 atom stereocenters. The van der Waals surface area contributed by atoms with Crippen LogP contribution < -0.4 is 5.32 Å². The van der Waals surface area contributed by atoms with Crippen LogP contribution in [0.15, 0.2) is 24.3 Å². The Kier molecular flexibility index (Phi) is 5.22. The van der Waals surface area contributed by atoms with Crippen LogP contribution in [0.25, 0.3) is 0 Å². The Morgan fingerprint density at radius 2 is 2.00 bits per heavy atom. The van der Waals surface area contributed by atoms with Gasteiger partial charge in [-0.3, -0.25) is 4.79 Å². The van der Waals surface area contributed by atoms with Gasteiger partial charge in [-0.15, -0.1) is 0 Å². The van der Waals surface area contributed by atoms with Crippen molar-refractivity contribution in [1.29, 1.82) is 5.26 Å². The fraction of sp³-hybridized carbons (Fsp3) is 0.429. The number of carbonyl (C=O) groups excluding carboxylic acids is 1. The van der Waals surface area contributed by atoms with E-state index in [4.69, 9.17) is 5.26 Å². The van der Waals surface area contributed by atoms with Crippen LogP contribution in [0.4, 0.5) is 0 Å². The lowest BCUT2D eigenvalue weighted by Gasteiger charge is -2.09. The smallest absolute Gasteiger partial charge is 0.221 e. The lowest BCUT2D eigenvalue weighted by Crippen LogP contribution is -2.24. The monoisotopic (exact) mass is 230 g/mol. The zero-order valence-corrected chi connectivity index (χ0v) is 10.4. The summed E-state index contributed by atoms with van der Waals surface area (Å²) >= 11 is 0. The third-order valence-electron chi connectivity index (χ3n) is 2.71. The van der Waals surface area contributed by atoms with Crippen LogP contribution in [0.2, 0.25) is 0 Å². The van der Waals surface area contributed by atoms with Crippen molar-refractivity contribution in [2.45, 2.75) is 32.6 Å². The van der Waals surface area contributed by atoms with Crippen molar-refractivity contribution in [3.63, 3.8) is 0 Å². The number of nitrogens with zero attached hydrogens (tertiary/aromatic N) is 1. The number of hydrogen-bond acceptors (Lipinski definition) is 2. The second-order valence-electron chi connectivity index (χ2n) is 3.93. The molecule has 1 aromatic carbocycles. The van der Waals surface area contributed by atoms with Crippen LogP contribution in [0.3, 0.4) is 0 Å². The van der Waals surface area contributed by atoms with Gasteiger partial charge in [0, 0.05) is 13.0 Å². The first-order valence-electron chi connectivity index (χ1n) is 5.96. The number of rotatable bonds is 5. The molecule has 3 heteroatoms. The van der Waals surface area contributed by atoms with Crippen LogP contribution >= 0.6 is 0 Å². The quantitative estimate of drug-likeness (QED) is 0.844. The Balaban J connectivity index is 2.73. The van der Waals surface area contributed by atoms with Crippen molar-refractivity contribution in [1.82, 2.24) is 5.32 Å². The molecule has 0 aliphatic rings. The number of aryl methyl sites for hydroxylation is 1. The molecule has 1 unspecified atom stereocenters. The first-order valence-corrected chi connectivity index (χ1v) is 5.96.